The summed E-state index contributed by atoms with van der Waals surface area (Å²) in [4.78, 5) is 272. The summed E-state index contributed by atoms with van der Waals surface area (Å²) in [5, 5.41) is 55.2. The zero-order valence-electron chi connectivity index (χ0n) is 79.3. The van der Waals surface area contributed by atoms with Crippen molar-refractivity contribution in [3.63, 3.8) is 0 Å². The number of primary amides is 1. The average Bonchev–Trinajstić information content (AvgIpc) is 1.75. The van der Waals surface area contributed by atoms with E-state index in [4.69, 9.17) is 17.2 Å². The van der Waals surface area contributed by atoms with Gasteiger partial charge < -0.3 is 115 Å². The fraction of sp³-hybridized carbons (Fsp3) is 0.562. The fourth-order valence-corrected chi connectivity index (χ4v) is 18.7. The van der Waals surface area contributed by atoms with Gasteiger partial charge in [0, 0.05) is 124 Å². The van der Waals surface area contributed by atoms with Gasteiger partial charge in [0.15, 0.2) is 11.6 Å². The molecule has 0 saturated carbocycles. The lowest BCUT2D eigenvalue weighted by atomic mass is 9.87. The van der Waals surface area contributed by atoms with Crippen LogP contribution < -0.4 is 59.7 Å². The van der Waals surface area contributed by atoms with Crippen molar-refractivity contribution in [2.45, 2.75) is 261 Å². The highest BCUT2D eigenvalue weighted by molar-refractivity contribution is 8.00. The number of thioether (sulfide) groups is 1. The predicted octanol–water partition coefficient (Wildman–Crippen LogP) is 1.85. The Bertz CT molecular complexity index is 5180. The number of phenolic OH excluding ortho intramolecular Hbond substituents is 1. The van der Waals surface area contributed by atoms with E-state index in [9.17, 15) is 58.5 Å². The predicted molar refractivity (Wildman–Crippen MR) is 510 cm³/mol. The van der Waals surface area contributed by atoms with Crippen LogP contribution in [-0.2, 0) is 107 Å². The van der Waals surface area contributed by atoms with Crippen LogP contribution in [0.15, 0.2) is 97.7 Å². The molecule has 0 spiro atoms. The molecule has 3 aromatic carbocycles. The van der Waals surface area contributed by atoms with Crippen LogP contribution >= 0.6 is 11.8 Å². The van der Waals surface area contributed by atoms with E-state index in [1.807, 2.05) is 56.3 Å². The smallest absolute Gasteiger partial charge is 0.305 e. The molecule has 0 unspecified atom stereocenters. The number of phenols is 1. The second-order valence-electron chi connectivity index (χ2n) is 36.4. The molecule has 6 heterocycles. The van der Waals surface area contributed by atoms with Crippen LogP contribution in [0.3, 0.4) is 0 Å². The van der Waals surface area contributed by atoms with E-state index in [1.54, 1.807) is 32.3 Å². The van der Waals surface area contributed by atoms with Gasteiger partial charge in [0.1, 0.15) is 66.2 Å². The molecule has 0 bridgehead atoms. The summed E-state index contributed by atoms with van der Waals surface area (Å²) >= 11 is 0.799. The van der Waals surface area contributed by atoms with Crippen LogP contribution in [0.4, 0.5) is 0 Å². The Balaban J connectivity index is 1.11. The maximum Gasteiger partial charge on any atom is 0.305 e. The minimum atomic E-state index is -1.89. The van der Waals surface area contributed by atoms with E-state index in [0.29, 0.717) is 72.5 Å². The van der Waals surface area contributed by atoms with Gasteiger partial charge in [0.2, 0.25) is 82.7 Å². The number of aliphatic hydroxyl groups is 1. The number of likely N-dealkylation sites (N-methyl/N-ethyl adjacent to an activating group) is 3. The number of carbonyl (C=O) groups is 17. The lowest BCUT2D eigenvalue weighted by Gasteiger charge is -2.36. The van der Waals surface area contributed by atoms with E-state index in [0.717, 1.165) is 37.4 Å². The number of Topliss-reactive ketones (excluding diaryl/α,β-unsaturated/α-hetero) is 2. The number of carboxylic acids is 1. The van der Waals surface area contributed by atoms with Gasteiger partial charge in [0.05, 0.1) is 48.9 Å². The van der Waals surface area contributed by atoms with Crippen LogP contribution in [0.25, 0.3) is 21.8 Å². The molecule has 41 heteroatoms. The van der Waals surface area contributed by atoms with Crippen LogP contribution in [0.2, 0.25) is 0 Å². The number of hydrogen-bond acceptors (Lipinski definition) is 23. The first-order valence-electron chi connectivity index (χ1n) is 47.3. The first-order chi connectivity index (χ1) is 65.4. The first-order valence-corrected chi connectivity index (χ1v) is 48.5. The Kier molecular flexibility index (Phi) is 41.5. The topological polar surface area (TPSA) is 602 Å². The fourth-order valence-electron chi connectivity index (χ4n) is 17.9. The van der Waals surface area contributed by atoms with Crippen LogP contribution in [0.5, 0.6) is 5.75 Å². The summed E-state index contributed by atoms with van der Waals surface area (Å²) in [5.41, 5.74) is 20.9. The molecular weight excluding hydrogens is 1790 g/mol. The number of nitrogens with two attached hydrogens (primary N) is 3. The van der Waals surface area contributed by atoms with Gasteiger partial charge >= 0.3 is 5.97 Å². The summed E-state index contributed by atoms with van der Waals surface area (Å²) in [6.45, 7) is 7.70. The molecule has 6 aromatic rings. The molecule has 746 valence electrons. The number of aliphatic carboxylic acids is 1. The van der Waals surface area contributed by atoms with Gasteiger partial charge in [-0.3, -0.25) is 81.5 Å². The van der Waals surface area contributed by atoms with Gasteiger partial charge in [-0.25, -0.2) is 4.98 Å². The molecular formula is C96H136N20O20S. The Morgan fingerprint density at radius 2 is 1.12 bits per heavy atom. The number of rotatable bonds is 29. The third-order valence-corrected chi connectivity index (χ3v) is 26.6. The second kappa shape index (κ2) is 52.6. The Hall–Kier alpha value is -12.6. The van der Waals surface area contributed by atoms with E-state index in [-0.39, 0.29) is 120 Å². The number of para-hydroxylation sites is 2. The third-order valence-electron chi connectivity index (χ3n) is 25.6. The third kappa shape index (κ3) is 30.7. The number of hydrogen-bond donors (Lipinski definition) is 17. The number of imidazole rings is 1. The summed E-state index contributed by atoms with van der Waals surface area (Å²) in [7, 11) is 4.09. The first kappa shape index (κ1) is 108. The molecule has 3 fully saturated rings. The van der Waals surface area contributed by atoms with Gasteiger partial charge in [0.25, 0.3) is 0 Å². The number of H-pyrrole nitrogens is 3. The Morgan fingerprint density at radius 3 is 1.73 bits per heavy atom. The van der Waals surface area contributed by atoms with E-state index in [2.05, 4.69) is 62.5 Å². The van der Waals surface area contributed by atoms with Crippen molar-refractivity contribution in [1.82, 2.24) is 87.0 Å². The lowest BCUT2D eigenvalue weighted by molar-refractivity contribution is -0.150. The Morgan fingerprint density at radius 1 is 0.555 bits per heavy atom. The maximum atomic E-state index is 16.0. The normalized spacial score (nSPS) is 24.8. The number of aromatic amines is 3. The monoisotopic (exact) mass is 1920 g/mol. The molecule has 9 rings (SSSR count). The molecule has 3 saturated heterocycles. The number of benzene rings is 3. The number of ketones is 2. The highest BCUT2D eigenvalue weighted by Gasteiger charge is 2.47. The van der Waals surface area contributed by atoms with Crippen molar-refractivity contribution < 1.29 is 96.8 Å². The molecule has 14 amide bonds. The second-order valence-corrected chi connectivity index (χ2v) is 37.4. The molecule has 15 atom stereocenters. The number of aromatic nitrogens is 4. The summed E-state index contributed by atoms with van der Waals surface area (Å²) in [6, 6.07) is 2.54. The number of nitrogens with one attached hydrogen (secondary N) is 11. The standard InChI is InChI=1S/C96H136N20O20S/c1-9-11-28-76-90(130)108-71(38-55(3)4)88(128)111-75(87(127)103-50-82(99)121)52-137-53-83(122)105-73(39-57-31-33-63(117)34-32-57)93(133)112(6)56(5)85(125)110-74(46-84(123)124)95(135)115-37-21-30-77(115)91(131)109-72(44-62-49-100-54-104-62)89(129)107-70(27-18-20-36-98)94(134)116-51-64(118)45-79(116)81(120)42-58(40-60-47-101-67-24-15-13-22-65(60)67)86(126)106-69(26-17-19-35-97)80(119)43-59(41-61-48-102-68-25-16-14-23-66(61)68)92(132)114(8)78(29-12-10-2)96(136)113(76)7/h13-16,22-25,31-34,47-49,54-56,58-59,64,69-79,101-102,117-118H,9-12,17-21,26-30,35-46,50-53,97-98H2,1-8H3,(H2,99,121)(H,100,104)(H,103,127)(H,105,122)(H,106,126)(H,107,129)(H,108,130)(H,109,131)(H,110,125)(H,111,128)(H,123,124)/t56-,58+,59+,64+,69-,70-,71-,72-,73-,74-,75-,76-,77-,78-,79-/m0/s1. The van der Waals surface area contributed by atoms with E-state index in [1.165, 1.54) is 74.7 Å². The SMILES string of the molecule is CCCC[C@H]1C(=O)N(C)[C@@H](CCCC)C(=O)N[C@@H](CC(C)C)C(=O)N[C@H](C(=O)NCC(N)=O)CSCC(=O)N[C@@H](Cc2ccc(O)cc2)C(=O)N(C)[C@@H](C)C(=O)N[C@@H](CC(=O)O)C(=O)N2CCC[C@H]2C(=O)N[C@@H](Cc2c[nH]cn2)C(=O)N[C@@H](CCCCN)C(=O)N2C[C@H](O)C[C@H]2C(=O)C[C@@H](Cc2c[nH]c3ccccc23)C(=O)N[C@@H](CCCCN)C(=O)C[C@@H](Cc2c[nH]c3ccccc23)C(=O)N1C. The maximum absolute atomic E-state index is 16.0. The van der Waals surface area contributed by atoms with E-state index >= 15 is 38.4 Å². The molecule has 3 aromatic heterocycles. The van der Waals surface area contributed by atoms with Crippen LogP contribution in [0, 0.1) is 17.8 Å². The van der Waals surface area contributed by atoms with E-state index < -0.39 is 235 Å². The number of fused-ring (bicyclic) bond motifs is 4. The zero-order chi connectivity index (χ0) is 99.9. The number of carboxylic acid groups (broad SMARTS) is 1. The molecule has 20 N–H and O–H groups in total. The van der Waals surface area contributed by atoms with Crippen molar-refractivity contribution >= 4 is 134 Å². The number of aromatic hydroxyl groups is 1. The van der Waals surface area contributed by atoms with Crippen LogP contribution in [0.1, 0.15) is 179 Å². The highest BCUT2D eigenvalue weighted by atomic mass is 32.2. The highest BCUT2D eigenvalue weighted by Crippen LogP contribution is 2.32. The number of amides is 14. The number of carbonyl (C=O) groups excluding carboxylic acids is 16. The van der Waals surface area contributed by atoms with Crippen molar-refractivity contribution in [1.29, 1.82) is 0 Å². The quantitative estimate of drug-likeness (QED) is 0.0298. The number of unbranched alkanes of at least 4 members (excludes halogenated alkanes) is 4. The van der Waals surface area contributed by atoms with Crippen molar-refractivity contribution in [3.05, 3.63) is 120 Å². The minimum absolute atomic E-state index is 0.0120. The zero-order valence-corrected chi connectivity index (χ0v) is 80.1. The van der Waals surface area contributed by atoms with Crippen molar-refractivity contribution in [2.75, 3.05) is 65.4 Å². The van der Waals surface area contributed by atoms with Crippen molar-refractivity contribution in [3.8, 4) is 5.75 Å². The Labute approximate surface area is 800 Å². The molecule has 40 nitrogen and oxygen atoms in total. The minimum Gasteiger partial charge on any atom is -0.508 e. The average molecular weight is 1920 g/mol. The van der Waals surface area contributed by atoms with Gasteiger partial charge in [-0.15, -0.1) is 11.8 Å². The molecule has 3 aliphatic rings. The summed E-state index contributed by atoms with van der Waals surface area (Å²) in [6.07, 6.45) is 5.02. The summed E-state index contributed by atoms with van der Waals surface area (Å²) < 4.78 is 0. The molecule has 0 radical (unpaired) electrons. The number of nitrogens with zero attached hydrogens (tertiary/aromatic N) is 6. The molecule has 3 aliphatic heterocycles. The number of aliphatic hydroxyl groups excluding tert-OH is 1. The lowest BCUT2D eigenvalue weighted by Crippen LogP contribution is -2.60. The van der Waals surface area contributed by atoms with Gasteiger partial charge in [-0.05, 0) is 150 Å². The largest absolute Gasteiger partial charge is 0.508 e. The van der Waals surface area contributed by atoms with Crippen LogP contribution in [-0.4, -0.2) is 304 Å². The molecule has 137 heavy (non-hydrogen) atoms. The van der Waals surface area contributed by atoms with Crippen molar-refractivity contribution in [2.24, 2.45) is 35.0 Å². The summed E-state index contributed by atoms with van der Waals surface area (Å²) in [5.74, 6) is -18.8. The van der Waals surface area contributed by atoms with Gasteiger partial charge in [-0.2, -0.15) is 0 Å². The molecule has 0 aliphatic carbocycles. The van der Waals surface area contributed by atoms with Gasteiger partial charge in [-0.1, -0.05) is 102 Å².